The van der Waals surface area contributed by atoms with Gasteiger partial charge in [0.05, 0.1) is 5.25 Å². The summed E-state index contributed by atoms with van der Waals surface area (Å²) in [5.41, 5.74) is 0. The molecule has 0 aromatic rings. The van der Waals surface area contributed by atoms with Gasteiger partial charge in [-0.2, -0.15) is 11.8 Å². The maximum absolute atomic E-state index is 11.7. The highest BCUT2D eigenvalue weighted by Crippen LogP contribution is 2.22. The summed E-state index contributed by atoms with van der Waals surface area (Å²) in [4.78, 5) is 35.6. The lowest BCUT2D eigenvalue weighted by Crippen LogP contribution is -2.42. The normalized spacial score (nSPS) is 20.8. The van der Waals surface area contributed by atoms with E-state index in [2.05, 4.69) is 5.32 Å². The first-order valence-corrected chi connectivity index (χ1v) is 6.41. The van der Waals surface area contributed by atoms with Gasteiger partial charge in [0, 0.05) is 12.5 Å². The second kappa shape index (κ2) is 5.34. The topological polar surface area (TPSA) is 66.5 Å². The molecule has 1 unspecified atom stereocenters. The molecule has 1 saturated heterocycles. The predicted molar refractivity (Wildman–Crippen MR) is 61.9 cm³/mol. The lowest BCUT2D eigenvalue weighted by molar-refractivity contribution is -0.142. The van der Waals surface area contributed by atoms with Gasteiger partial charge in [0.15, 0.2) is 0 Å². The van der Waals surface area contributed by atoms with Crippen LogP contribution >= 0.6 is 11.8 Å². The van der Waals surface area contributed by atoms with Crippen molar-refractivity contribution in [2.45, 2.75) is 31.6 Å². The summed E-state index contributed by atoms with van der Waals surface area (Å²) in [5.74, 6) is -0.807. The molecule has 0 aromatic heterocycles. The van der Waals surface area contributed by atoms with Gasteiger partial charge in [-0.1, -0.05) is 0 Å². The third kappa shape index (κ3) is 2.98. The number of carbonyl (C=O) groups excluding carboxylic acids is 3. The zero-order valence-corrected chi connectivity index (χ0v) is 10.5. The van der Waals surface area contributed by atoms with E-state index in [0.29, 0.717) is 0 Å². The molecule has 0 bridgehead atoms. The van der Waals surface area contributed by atoms with Crippen molar-refractivity contribution in [3.63, 3.8) is 0 Å². The van der Waals surface area contributed by atoms with E-state index >= 15 is 0 Å². The van der Waals surface area contributed by atoms with E-state index in [1.165, 1.54) is 11.8 Å². The number of amides is 3. The van der Waals surface area contributed by atoms with Crippen molar-refractivity contribution in [2.75, 3.05) is 12.8 Å². The Hall–Kier alpha value is -1.04. The average molecular weight is 244 g/mol. The van der Waals surface area contributed by atoms with Crippen LogP contribution in [0, 0.1) is 0 Å². The van der Waals surface area contributed by atoms with Gasteiger partial charge >= 0.3 is 0 Å². The Kier molecular flexibility index (Phi) is 4.35. The zero-order valence-electron chi connectivity index (χ0n) is 9.65. The van der Waals surface area contributed by atoms with E-state index in [1.807, 2.05) is 13.8 Å². The van der Waals surface area contributed by atoms with E-state index in [-0.39, 0.29) is 42.0 Å². The second-order valence-corrected chi connectivity index (χ2v) is 5.01. The first kappa shape index (κ1) is 13.0. The van der Waals surface area contributed by atoms with Crippen molar-refractivity contribution in [3.05, 3.63) is 0 Å². The lowest BCUT2D eigenvalue weighted by Gasteiger charge is -2.15. The first-order valence-electron chi connectivity index (χ1n) is 5.12. The molecule has 1 aliphatic rings. The van der Waals surface area contributed by atoms with Gasteiger partial charge in [-0.25, -0.2) is 0 Å². The standard InChI is InChI=1S/C10H16N2O3S/c1-6(2)11-8(13)5-12-9(14)4-7(16-3)10(12)15/h6-7H,4-5H2,1-3H3,(H,11,13). The van der Waals surface area contributed by atoms with Crippen LogP contribution in [0.3, 0.4) is 0 Å². The van der Waals surface area contributed by atoms with Gasteiger partial charge < -0.3 is 5.32 Å². The number of hydrogen-bond acceptors (Lipinski definition) is 4. The summed E-state index contributed by atoms with van der Waals surface area (Å²) in [5, 5.41) is 2.33. The minimum absolute atomic E-state index is 0.0108. The van der Waals surface area contributed by atoms with Crippen LogP contribution in [0.2, 0.25) is 0 Å². The molecule has 1 fully saturated rings. The smallest absolute Gasteiger partial charge is 0.243 e. The fourth-order valence-electron chi connectivity index (χ4n) is 1.51. The highest BCUT2D eigenvalue weighted by atomic mass is 32.2. The number of hydrogen-bond donors (Lipinski definition) is 1. The van der Waals surface area contributed by atoms with Crippen molar-refractivity contribution in [1.82, 2.24) is 10.2 Å². The Morgan fingerprint density at radius 1 is 1.56 bits per heavy atom. The number of carbonyl (C=O) groups is 3. The molecule has 1 heterocycles. The zero-order chi connectivity index (χ0) is 12.3. The van der Waals surface area contributed by atoms with Crippen molar-refractivity contribution >= 4 is 29.5 Å². The number of rotatable bonds is 4. The van der Waals surface area contributed by atoms with Gasteiger partial charge in [0.2, 0.25) is 17.7 Å². The molecular formula is C10H16N2O3S. The number of thioether (sulfide) groups is 1. The lowest BCUT2D eigenvalue weighted by atomic mass is 10.4. The van der Waals surface area contributed by atoms with Crippen molar-refractivity contribution in [1.29, 1.82) is 0 Å². The van der Waals surface area contributed by atoms with E-state index in [9.17, 15) is 14.4 Å². The highest BCUT2D eigenvalue weighted by Gasteiger charge is 2.38. The number of imide groups is 1. The van der Waals surface area contributed by atoms with Gasteiger partial charge in [0.25, 0.3) is 0 Å². The van der Waals surface area contributed by atoms with Gasteiger partial charge in [0.1, 0.15) is 6.54 Å². The largest absolute Gasteiger partial charge is 0.352 e. The van der Waals surface area contributed by atoms with E-state index < -0.39 is 0 Å². The van der Waals surface area contributed by atoms with Crippen molar-refractivity contribution in [3.8, 4) is 0 Å². The molecule has 0 aliphatic carbocycles. The van der Waals surface area contributed by atoms with E-state index in [4.69, 9.17) is 0 Å². The highest BCUT2D eigenvalue weighted by molar-refractivity contribution is 8.00. The van der Waals surface area contributed by atoms with Gasteiger partial charge in [-0.05, 0) is 20.1 Å². The molecule has 0 radical (unpaired) electrons. The number of nitrogens with one attached hydrogen (secondary N) is 1. The van der Waals surface area contributed by atoms with Gasteiger partial charge in [-0.3, -0.25) is 19.3 Å². The fraction of sp³-hybridized carbons (Fsp3) is 0.700. The third-order valence-corrected chi connectivity index (χ3v) is 3.18. The van der Waals surface area contributed by atoms with Crippen LogP contribution in [-0.2, 0) is 14.4 Å². The summed E-state index contributed by atoms with van der Waals surface area (Å²) in [6.45, 7) is 3.50. The molecular weight excluding hydrogens is 228 g/mol. The first-order chi connectivity index (χ1) is 7.45. The fourth-order valence-corrected chi connectivity index (χ4v) is 2.15. The molecule has 0 aromatic carbocycles. The van der Waals surface area contributed by atoms with E-state index in [1.54, 1.807) is 6.26 Å². The Labute approximate surface area is 98.9 Å². The molecule has 6 heteroatoms. The molecule has 1 aliphatic heterocycles. The molecule has 90 valence electrons. The molecule has 1 N–H and O–H groups in total. The summed E-state index contributed by atoms with van der Waals surface area (Å²) >= 11 is 1.35. The molecule has 0 spiro atoms. The van der Waals surface area contributed by atoms with Crippen LogP contribution < -0.4 is 5.32 Å². The molecule has 5 nitrogen and oxygen atoms in total. The van der Waals surface area contributed by atoms with Crippen LogP contribution in [0.5, 0.6) is 0 Å². The van der Waals surface area contributed by atoms with Crippen LogP contribution in [0.25, 0.3) is 0 Å². The molecule has 0 saturated carbocycles. The van der Waals surface area contributed by atoms with Crippen LogP contribution in [0.1, 0.15) is 20.3 Å². The molecule has 1 rings (SSSR count). The predicted octanol–water partition coefficient (Wildman–Crippen LogP) is 0.00150. The molecule has 16 heavy (non-hydrogen) atoms. The summed E-state index contributed by atoms with van der Waals surface area (Å²) in [7, 11) is 0. The van der Waals surface area contributed by atoms with Crippen molar-refractivity contribution in [2.24, 2.45) is 0 Å². The summed E-state index contributed by atoms with van der Waals surface area (Å²) < 4.78 is 0. The Bertz CT molecular complexity index is 317. The SMILES string of the molecule is CSC1CC(=O)N(CC(=O)NC(C)C)C1=O. The van der Waals surface area contributed by atoms with E-state index in [0.717, 1.165) is 4.90 Å². The maximum Gasteiger partial charge on any atom is 0.243 e. The van der Waals surface area contributed by atoms with Crippen LogP contribution in [0.15, 0.2) is 0 Å². The number of nitrogens with zero attached hydrogens (tertiary/aromatic N) is 1. The minimum atomic E-state index is -0.320. The van der Waals surface area contributed by atoms with Crippen molar-refractivity contribution < 1.29 is 14.4 Å². The van der Waals surface area contributed by atoms with Crippen LogP contribution in [0.4, 0.5) is 0 Å². The average Bonchev–Trinajstić information content (AvgIpc) is 2.44. The van der Waals surface area contributed by atoms with Crippen LogP contribution in [-0.4, -0.2) is 46.7 Å². The quantitative estimate of drug-likeness (QED) is 0.707. The minimum Gasteiger partial charge on any atom is -0.352 e. The number of likely N-dealkylation sites (tertiary alicyclic amines) is 1. The molecule has 3 amide bonds. The monoisotopic (exact) mass is 244 g/mol. The third-order valence-electron chi connectivity index (χ3n) is 2.24. The Morgan fingerprint density at radius 2 is 2.19 bits per heavy atom. The summed E-state index contributed by atoms with van der Waals surface area (Å²) in [6, 6.07) is 0.0108. The maximum atomic E-state index is 11.7. The molecule has 1 atom stereocenters. The van der Waals surface area contributed by atoms with Gasteiger partial charge in [-0.15, -0.1) is 0 Å². The Morgan fingerprint density at radius 3 is 2.62 bits per heavy atom. The Balaban J connectivity index is 2.57. The summed E-state index contributed by atoms with van der Waals surface area (Å²) in [6.07, 6.45) is 1.99. The second-order valence-electron chi connectivity index (χ2n) is 3.97.